The van der Waals surface area contributed by atoms with Crippen LogP contribution in [0, 0.1) is 0 Å². The van der Waals surface area contributed by atoms with Crippen LogP contribution < -0.4 is 9.47 Å². The summed E-state index contributed by atoms with van der Waals surface area (Å²) < 4.78 is 21.5. The van der Waals surface area contributed by atoms with Crippen LogP contribution in [0.25, 0.3) is 0 Å². The Morgan fingerprint density at radius 1 is 0.792 bits per heavy atom. The third-order valence-electron chi connectivity index (χ3n) is 3.45. The van der Waals surface area contributed by atoms with Crippen molar-refractivity contribution in [2.24, 2.45) is 0 Å². The lowest BCUT2D eigenvalue weighted by Crippen LogP contribution is -2.21. The van der Waals surface area contributed by atoms with E-state index in [-0.39, 0.29) is 13.2 Å². The van der Waals surface area contributed by atoms with Gasteiger partial charge in [-0.05, 0) is 23.3 Å². The van der Waals surface area contributed by atoms with Gasteiger partial charge in [0.15, 0.2) is 11.5 Å². The molecule has 1 unspecified atom stereocenters. The Hall–Kier alpha value is -2.08. The molecule has 2 aromatic rings. The van der Waals surface area contributed by atoms with Crippen LogP contribution in [0.5, 0.6) is 11.5 Å². The Morgan fingerprint density at radius 2 is 1.42 bits per heavy atom. The number of aliphatic hydroxyl groups excluding tert-OH is 1. The summed E-state index contributed by atoms with van der Waals surface area (Å²) in [6.45, 7) is 1.31. The highest BCUT2D eigenvalue weighted by Crippen LogP contribution is 2.27. The van der Waals surface area contributed by atoms with E-state index >= 15 is 0 Å². The molecule has 0 bridgehead atoms. The lowest BCUT2D eigenvalue weighted by atomic mass is 10.2. The number of aliphatic hydroxyl groups is 1. The number of hydrogen-bond acceptors (Lipinski definition) is 5. The summed E-state index contributed by atoms with van der Waals surface area (Å²) in [5.41, 5.74) is 2.03. The summed E-state index contributed by atoms with van der Waals surface area (Å²) in [7, 11) is 3.19. The van der Waals surface area contributed by atoms with Crippen molar-refractivity contribution >= 4 is 0 Å². The molecule has 1 atom stereocenters. The molecule has 0 heterocycles. The standard InChI is InChI=1S/C19H24O5/c1-21-18-9-8-16(10-19(18)22-2)12-24-14-17(20)13-23-11-15-6-4-3-5-7-15/h3-10,17,20H,11-14H2,1-2H3. The van der Waals surface area contributed by atoms with Crippen molar-refractivity contribution in [1.29, 1.82) is 0 Å². The first-order valence-corrected chi connectivity index (χ1v) is 7.81. The van der Waals surface area contributed by atoms with Crippen LogP contribution in [0.15, 0.2) is 48.5 Å². The molecule has 0 aliphatic carbocycles. The van der Waals surface area contributed by atoms with E-state index in [1.807, 2.05) is 48.5 Å². The third-order valence-corrected chi connectivity index (χ3v) is 3.45. The second-order valence-corrected chi connectivity index (χ2v) is 5.36. The van der Waals surface area contributed by atoms with E-state index in [2.05, 4.69) is 0 Å². The number of benzene rings is 2. The Labute approximate surface area is 142 Å². The van der Waals surface area contributed by atoms with Gasteiger partial charge in [-0.25, -0.2) is 0 Å². The molecule has 2 rings (SSSR count). The van der Waals surface area contributed by atoms with E-state index in [0.717, 1.165) is 11.1 Å². The van der Waals surface area contributed by atoms with Crippen LogP contribution >= 0.6 is 0 Å². The van der Waals surface area contributed by atoms with Gasteiger partial charge in [0.05, 0.1) is 40.6 Å². The Balaban J connectivity index is 1.68. The van der Waals surface area contributed by atoms with E-state index in [9.17, 15) is 5.11 Å². The maximum atomic E-state index is 9.89. The molecule has 1 N–H and O–H groups in total. The van der Waals surface area contributed by atoms with Crippen molar-refractivity contribution in [3.63, 3.8) is 0 Å². The quantitative estimate of drug-likeness (QED) is 0.725. The highest BCUT2D eigenvalue weighted by atomic mass is 16.5. The molecule has 0 aliphatic heterocycles. The Kier molecular flexibility index (Phi) is 7.55. The number of methoxy groups -OCH3 is 2. The van der Waals surface area contributed by atoms with Crippen LogP contribution in [0.3, 0.4) is 0 Å². The largest absolute Gasteiger partial charge is 0.493 e. The predicted molar refractivity (Wildman–Crippen MR) is 91.3 cm³/mol. The van der Waals surface area contributed by atoms with Crippen molar-refractivity contribution < 1.29 is 24.1 Å². The van der Waals surface area contributed by atoms with Gasteiger partial charge in [-0.3, -0.25) is 0 Å². The first-order chi connectivity index (χ1) is 11.7. The van der Waals surface area contributed by atoms with E-state index in [4.69, 9.17) is 18.9 Å². The predicted octanol–water partition coefficient (Wildman–Crippen LogP) is 2.80. The molecule has 0 aromatic heterocycles. The Bertz CT molecular complexity index is 600. The van der Waals surface area contributed by atoms with Gasteiger partial charge in [0.1, 0.15) is 6.10 Å². The summed E-state index contributed by atoms with van der Waals surface area (Å²) in [4.78, 5) is 0. The lowest BCUT2D eigenvalue weighted by molar-refractivity contribution is -0.0276. The molecule has 0 fully saturated rings. The lowest BCUT2D eigenvalue weighted by Gasteiger charge is -2.13. The molecule has 0 radical (unpaired) electrons. The molecular weight excluding hydrogens is 308 g/mol. The molecule has 0 saturated heterocycles. The van der Waals surface area contributed by atoms with Crippen molar-refractivity contribution in [2.75, 3.05) is 27.4 Å². The van der Waals surface area contributed by atoms with Gasteiger partial charge in [-0.15, -0.1) is 0 Å². The van der Waals surface area contributed by atoms with Crippen molar-refractivity contribution in [1.82, 2.24) is 0 Å². The average molecular weight is 332 g/mol. The van der Waals surface area contributed by atoms with Crippen LogP contribution in [-0.4, -0.2) is 38.6 Å². The molecule has 0 spiro atoms. The molecule has 5 nitrogen and oxygen atoms in total. The van der Waals surface area contributed by atoms with Gasteiger partial charge in [0.2, 0.25) is 0 Å². The molecular formula is C19H24O5. The second-order valence-electron chi connectivity index (χ2n) is 5.36. The summed E-state index contributed by atoms with van der Waals surface area (Å²) in [5.74, 6) is 1.33. The minimum atomic E-state index is -0.658. The molecule has 5 heteroatoms. The van der Waals surface area contributed by atoms with Gasteiger partial charge in [0, 0.05) is 0 Å². The zero-order valence-corrected chi connectivity index (χ0v) is 14.1. The molecule has 0 amide bonds. The fourth-order valence-corrected chi connectivity index (χ4v) is 2.22. The fourth-order valence-electron chi connectivity index (χ4n) is 2.22. The summed E-state index contributed by atoms with van der Waals surface area (Å²) in [6, 6.07) is 15.4. The van der Waals surface area contributed by atoms with E-state index in [1.165, 1.54) is 0 Å². The highest BCUT2D eigenvalue weighted by Gasteiger charge is 2.07. The highest BCUT2D eigenvalue weighted by molar-refractivity contribution is 5.42. The summed E-state index contributed by atoms with van der Waals surface area (Å²) in [6.07, 6.45) is -0.658. The SMILES string of the molecule is COc1ccc(COCC(O)COCc2ccccc2)cc1OC. The average Bonchev–Trinajstić information content (AvgIpc) is 2.62. The molecule has 130 valence electrons. The second kappa shape index (κ2) is 9.93. The van der Waals surface area contributed by atoms with Gasteiger partial charge in [-0.2, -0.15) is 0 Å². The first kappa shape index (κ1) is 18.3. The van der Waals surface area contributed by atoms with Gasteiger partial charge in [0.25, 0.3) is 0 Å². The van der Waals surface area contributed by atoms with Gasteiger partial charge >= 0.3 is 0 Å². The summed E-state index contributed by atoms with van der Waals surface area (Å²) in [5, 5.41) is 9.89. The number of ether oxygens (including phenoxy) is 4. The Morgan fingerprint density at radius 3 is 2.04 bits per heavy atom. The topological polar surface area (TPSA) is 57.2 Å². The normalized spacial score (nSPS) is 12.0. The van der Waals surface area contributed by atoms with Gasteiger partial charge < -0.3 is 24.1 Å². The van der Waals surface area contributed by atoms with Crippen LogP contribution in [0.4, 0.5) is 0 Å². The monoisotopic (exact) mass is 332 g/mol. The smallest absolute Gasteiger partial charge is 0.161 e. The van der Waals surface area contributed by atoms with Crippen molar-refractivity contribution in [3.05, 3.63) is 59.7 Å². The molecule has 2 aromatic carbocycles. The zero-order valence-electron chi connectivity index (χ0n) is 14.1. The molecule has 0 saturated carbocycles. The number of hydrogen-bond donors (Lipinski definition) is 1. The van der Waals surface area contributed by atoms with E-state index in [1.54, 1.807) is 14.2 Å². The van der Waals surface area contributed by atoms with Crippen LogP contribution in [0.2, 0.25) is 0 Å². The van der Waals surface area contributed by atoms with Crippen molar-refractivity contribution in [3.8, 4) is 11.5 Å². The van der Waals surface area contributed by atoms with Crippen molar-refractivity contribution in [2.45, 2.75) is 19.3 Å². The number of rotatable bonds is 10. The molecule has 24 heavy (non-hydrogen) atoms. The zero-order chi connectivity index (χ0) is 17.2. The minimum Gasteiger partial charge on any atom is -0.493 e. The van der Waals surface area contributed by atoms with Crippen LogP contribution in [-0.2, 0) is 22.7 Å². The summed E-state index contributed by atoms with van der Waals surface area (Å²) >= 11 is 0. The van der Waals surface area contributed by atoms with Crippen LogP contribution in [0.1, 0.15) is 11.1 Å². The maximum Gasteiger partial charge on any atom is 0.161 e. The van der Waals surface area contributed by atoms with E-state index in [0.29, 0.717) is 24.7 Å². The third kappa shape index (κ3) is 5.85. The maximum absolute atomic E-state index is 9.89. The fraction of sp³-hybridized carbons (Fsp3) is 0.368. The van der Waals surface area contributed by atoms with Gasteiger partial charge in [-0.1, -0.05) is 36.4 Å². The van der Waals surface area contributed by atoms with E-state index < -0.39 is 6.10 Å². The minimum absolute atomic E-state index is 0.211. The molecule has 0 aliphatic rings. The first-order valence-electron chi connectivity index (χ1n) is 7.81.